The second-order valence-corrected chi connectivity index (χ2v) is 7.94. The van der Waals surface area contributed by atoms with Gasteiger partial charge in [-0.25, -0.2) is 0 Å². The van der Waals surface area contributed by atoms with Crippen LogP contribution in [0.15, 0.2) is 0 Å². The molecule has 0 nitrogen and oxygen atoms in total. The van der Waals surface area contributed by atoms with E-state index in [0.717, 1.165) is 35.0 Å². The minimum absolute atomic E-state index is 0.732. The van der Waals surface area contributed by atoms with Crippen LogP contribution in [0.2, 0.25) is 0 Å². The Morgan fingerprint density at radius 1 is 0.824 bits per heavy atom. The Hall–Kier alpha value is 0. The first-order valence-electron chi connectivity index (χ1n) is 8.09. The lowest BCUT2D eigenvalue weighted by Crippen LogP contribution is -2.48. The quantitative estimate of drug-likeness (QED) is 0.535. The summed E-state index contributed by atoms with van der Waals surface area (Å²) < 4.78 is 0. The molecule has 3 rings (SSSR count). The van der Waals surface area contributed by atoms with E-state index in [1.807, 2.05) is 0 Å². The smallest absolute Gasteiger partial charge is 0.0266 e. The van der Waals surface area contributed by atoms with Gasteiger partial charge >= 0.3 is 0 Å². The molecule has 0 aromatic heterocycles. The zero-order valence-corrected chi connectivity index (χ0v) is 12.0. The van der Waals surface area contributed by atoms with E-state index in [1.54, 1.807) is 25.7 Å². The molecule has 3 aliphatic carbocycles. The largest absolute Gasteiger partial charge is 0.0625 e. The standard InChI is InChI=1S/C17H30/c1-12-4-7-16-14(10-12)5-6-15-11-13(2)8-9-17(15,16)3/h12-16H,4-11H2,1-3H3. The van der Waals surface area contributed by atoms with Crippen molar-refractivity contribution in [3.8, 4) is 0 Å². The predicted octanol–water partition coefficient (Wildman–Crippen LogP) is 5.28. The first kappa shape index (κ1) is 12.1. The first-order valence-corrected chi connectivity index (χ1v) is 8.09. The van der Waals surface area contributed by atoms with Crippen molar-refractivity contribution in [1.82, 2.24) is 0 Å². The Morgan fingerprint density at radius 3 is 2.41 bits per heavy atom. The van der Waals surface area contributed by atoms with Crippen LogP contribution in [0.4, 0.5) is 0 Å². The molecule has 0 radical (unpaired) electrons. The molecule has 3 fully saturated rings. The van der Waals surface area contributed by atoms with E-state index in [-0.39, 0.29) is 0 Å². The van der Waals surface area contributed by atoms with Crippen LogP contribution < -0.4 is 0 Å². The van der Waals surface area contributed by atoms with Crippen molar-refractivity contribution in [3.05, 3.63) is 0 Å². The molecule has 17 heavy (non-hydrogen) atoms. The molecule has 6 unspecified atom stereocenters. The molecule has 98 valence electrons. The fourth-order valence-corrected chi connectivity index (χ4v) is 5.67. The molecule has 0 aliphatic heterocycles. The van der Waals surface area contributed by atoms with Crippen LogP contribution in [0.25, 0.3) is 0 Å². The van der Waals surface area contributed by atoms with Crippen molar-refractivity contribution in [3.63, 3.8) is 0 Å². The summed E-state index contributed by atoms with van der Waals surface area (Å²) in [7, 11) is 0. The van der Waals surface area contributed by atoms with Crippen LogP contribution in [-0.4, -0.2) is 0 Å². The van der Waals surface area contributed by atoms with Gasteiger partial charge in [-0.3, -0.25) is 0 Å². The predicted molar refractivity (Wildman–Crippen MR) is 73.8 cm³/mol. The van der Waals surface area contributed by atoms with E-state index in [4.69, 9.17) is 0 Å². The maximum Gasteiger partial charge on any atom is -0.0266 e. The molecule has 0 spiro atoms. The summed E-state index contributed by atoms with van der Waals surface area (Å²) in [5.41, 5.74) is 0.732. The van der Waals surface area contributed by atoms with Crippen molar-refractivity contribution >= 4 is 0 Å². The minimum Gasteiger partial charge on any atom is -0.0625 e. The van der Waals surface area contributed by atoms with Crippen molar-refractivity contribution < 1.29 is 0 Å². The van der Waals surface area contributed by atoms with Gasteiger partial charge in [0.15, 0.2) is 0 Å². The van der Waals surface area contributed by atoms with Gasteiger partial charge in [0.2, 0.25) is 0 Å². The van der Waals surface area contributed by atoms with Crippen LogP contribution in [0.5, 0.6) is 0 Å². The van der Waals surface area contributed by atoms with Crippen molar-refractivity contribution in [2.75, 3.05) is 0 Å². The molecule has 0 bridgehead atoms. The SMILES string of the molecule is CC1CCC2C(CCC3CC(C)CCC32C)C1. The summed E-state index contributed by atoms with van der Waals surface area (Å²) in [6.07, 6.45) is 12.3. The van der Waals surface area contributed by atoms with Gasteiger partial charge in [0, 0.05) is 0 Å². The Labute approximate surface area is 108 Å². The average molecular weight is 234 g/mol. The zero-order valence-electron chi connectivity index (χ0n) is 12.0. The van der Waals surface area contributed by atoms with E-state index in [1.165, 1.54) is 25.7 Å². The lowest BCUT2D eigenvalue weighted by molar-refractivity contribution is -0.0719. The lowest BCUT2D eigenvalue weighted by Gasteiger charge is -2.57. The summed E-state index contributed by atoms with van der Waals surface area (Å²) >= 11 is 0. The molecule has 0 aromatic carbocycles. The molecule has 0 N–H and O–H groups in total. The zero-order chi connectivity index (χ0) is 12.0. The molecule has 0 aromatic rings. The third-order valence-electron chi connectivity index (χ3n) is 6.77. The highest BCUT2D eigenvalue weighted by molar-refractivity contribution is 5.00. The van der Waals surface area contributed by atoms with Gasteiger partial charge in [-0.15, -0.1) is 0 Å². The summed E-state index contributed by atoms with van der Waals surface area (Å²) in [5, 5.41) is 0. The number of fused-ring (bicyclic) bond motifs is 3. The van der Waals surface area contributed by atoms with Crippen molar-refractivity contribution in [2.24, 2.45) is 35.0 Å². The first-order chi connectivity index (χ1) is 8.09. The third-order valence-corrected chi connectivity index (χ3v) is 6.77. The highest BCUT2D eigenvalue weighted by atomic mass is 14.6. The van der Waals surface area contributed by atoms with Crippen LogP contribution in [0.1, 0.15) is 72.1 Å². The Kier molecular flexibility index (Phi) is 3.04. The minimum atomic E-state index is 0.732. The Balaban J connectivity index is 1.80. The van der Waals surface area contributed by atoms with Gasteiger partial charge in [-0.2, -0.15) is 0 Å². The van der Waals surface area contributed by atoms with E-state index in [0.29, 0.717) is 0 Å². The van der Waals surface area contributed by atoms with E-state index < -0.39 is 0 Å². The molecular weight excluding hydrogens is 204 g/mol. The number of hydrogen-bond donors (Lipinski definition) is 0. The fraction of sp³-hybridized carbons (Fsp3) is 1.00. The van der Waals surface area contributed by atoms with Crippen LogP contribution in [0, 0.1) is 35.0 Å². The number of hydrogen-bond acceptors (Lipinski definition) is 0. The normalized spacial score (nSPS) is 54.9. The monoisotopic (exact) mass is 234 g/mol. The highest BCUT2D eigenvalue weighted by Gasteiger charge is 2.50. The topological polar surface area (TPSA) is 0 Å². The molecule has 0 saturated heterocycles. The summed E-state index contributed by atoms with van der Waals surface area (Å²) in [5.74, 6) is 5.27. The summed E-state index contributed by atoms with van der Waals surface area (Å²) in [6.45, 7) is 7.62. The molecular formula is C17H30. The van der Waals surface area contributed by atoms with Gasteiger partial charge in [-0.1, -0.05) is 33.6 Å². The molecule has 0 amide bonds. The fourth-order valence-electron chi connectivity index (χ4n) is 5.67. The van der Waals surface area contributed by atoms with Crippen LogP contribution in [0.3, 0.4) is 0 Å². The van der Waals surface area contributed by atoms with Gasteiger partial charge in [0.25, 0.3) is 0 Å². The molecule has 0 heteroatoms. The van der Waals surface area contributed by atoms with Gasteiger partial charge < -0.3 is 0 Å². The van der Waals surface area contributed by atoms with Crippen LogP contribution in [-0.2, 0) is 0 Å². The van der Waals surface area contributed by atoms with E-state index in [2.05, 4.69) is 20.8 Å². The summed E-state index contributed by atoms with van der Waals surface area (Å²) in [4.78, 5) is 0. The molecule has 3 aliphatic rings. The number of rotatable bonds is 0. The second kappa shape index (κ2) is 4.28. The molecule has 0 heterocycles. The average Bonchev–Trinajstić information content (AvgIpc) is 2.30. The maximum absolute atomic E-state index is 2.66. The van der Waals surface area contributed by atoms with E-state index in [9.17, 15) is 0 Å². The third kappa shape index (κ3) is 1.96. The van der Waals surface area contributed by atoms with Crippen LogP contribution >= 0.6 is 0 Å². The van der Waals surface area contributed by atoms with Crippen molar-refractivity contribution in [2.45, 2.75) is 72.1 Å². The maximum atomic E-state index is 2.66. The molecule has 3 saturated carbocycles. The van der Waals surface area contributed by atoms with E-state index >= 15 is 0 Å². The van der Waals surface area contributed by atoms with Gasteiger partial charge in [0.05, 0.1) is 0 Å². The van der Waals surface area contributed by atoms with Crippen molar-refractivity contribution in [1.29, 1.82) is 0 Å². The lowest BCUT2D eigenvalue weighted by atomic mass is 9.48. The second-order valence-electron chi connectivity index (χ2n) is 7.94. The highest BCUT2D eigenvalue weighted by Crippen LogP contribution is 2.60. The Morgan fingerprint density at radius 2 is 1.59 bits per heavy atom. The Bertz CT molecular complexity index is 282. The van der Waals surface area contributed by atoms with Gasteiger partial charge in [-0.05, 0) is 73.5 Å². The van der Waals surface area contributed by atoms with Gasteiger partial charge in [0.1, 0.15) is 0 Å². The molecule has 6 atom stereocenters. The summed E-state index contributed by atoms with van der Waals surface area (Å²) in [6, 6.07) is 0.